The first-order valence-corrected chi connectivity index (χ1v) is 7.14. The Bertz CT molecular complexity index is 436. The molecule has 0 aromatic heterocycles. The van der Waals surface area contributed by atoms with Gasteiger partial charge in [-0.1, -0.05) is 37.8 Å². The van der Waals surface area contributed by atoms with E-state index in [0.717, 1.165) is 31.2 Å². The van der Waals surface area contributed by atoms with Crippen LogP contribution in [0, 0.1) is 11.2 Å². The lowest BCUT2D eigenvalue weighted by Crippen LogP contribution is -2.39. The molecule has 19 heavy (non-hydrogen) atoms. The van der Waals surface area contributed by atoms with E-state index in [1.54, 1.807) is 6.07 Å². The van der Waals surface area contributed by atoms with Crippen molar-refractivity contribution in [3.8, 4) is 0 Å². The van der Waals surface area contributed by atoms with E-state index in [2.05, 4.69) is 0 Å². The van der Waals surface area contributed by atoms with E-state index >= 15 is 0 Å². The second-order valence-electron chi connectivity index (χ2n) is 5.63. The highest BCUT2D eigenvalue weighted by Gasteiger charge is 2.36. The van der Waals surface area contributed by atoms with E-state index in [1.807, 2.05) is 6.07 Å². The smallest absolute Gasteiger partial charge is 0.144 e. The summed E-state index contributed by atoms with van der Waals surface area (Å²) in [6, 6.07) is 6.30. The summed E-state index contributed by atoms with van der Waals surface area (Å²) in [5.41, 5.74) is 6.28. The molecular weight excluding hydrogens is 241 g/mol. The van der Waals surface area contributed by atoms with Gasteiger partial charge in [-0.2, -0.15) is 0 Å². The molecule has 0 unspecified atom stereocenters. The second-order valence-corrected chi connectivity index (χ2v) is 5.63. The maximum atomic E-state index is 13.2. The minimum Gasteiger partial charge on any atom is -0.329 e. The molecular formula is C16H22FNO. The highest BCUT2D eigenvalue weighted by molar-refractivity contribution is 5.87. The van der Waals surface area contributed by atoms with Crippen molar-refractivity contribution in [2.24, 2.45) is 11.1 Å². The van der Waals surface area contributed by atoms with Gasteiger partial charge in [0.15, 0.2) is 0 Å². The largest absolute Gasteiger partial charge is 0.329 e. The molecule has 0 radical (unpaired) electrons. The summed E-state index contributed by atoms with van der Waals surface area (Å²) in [7, 11) is 0. The van der Waals surface area contributed by atoms with Crippen molar-refractivity contribution in [2.75, 3.05) is 6.54 Å². The van der Waals surface area contributed by atoms with Gasteiger partial charge in [0.1, 0.15) is 11.6 Å². The fraction of sp³-hybridized carbons (Fsp3) is 0.562. The minimum atomic E-state index is -0.372. The Morgan fingerprint density at radius 2 is 1.89 bits per heavy atom. The molecule has 2 N–H and O–H groups in total. The number of nitrogens with two attached hydrogens (primary N) is 1. The number of carbonyl (C=O) groups is 1. The molecule has 0 aliphatic heterocycles. The monoisotopic (exact) mass is 263 g/mol. The molecule has 1 aromatic rings. The van der Waals surface area contributed by atoms with Gasteiger partial charge in [-0.25, -0.2) is 4.39 Å². The summed E-state index contributed by atoms with van der Waals surface area (Å²) in [6.45, 7) is 0.418. The molecule has 2 nitrogen and oxygen atoms in total. The van der Waals surface area contributed by atoms with E-state index in [1.165, 1.54) is 25.0 Å². The van der Waals surface area contributed by atoms with Crippen molar-refractivity contribution in [3.05, 3.63) is 35.6 Å². The van der Waals surface area contributed by atoms with Crippen LogP contribution in [0.3, 0.4) is 0 Å². The number of hydrogen-bond acceptors (Lipinski definition) is 2. The van der Waals surface area contributed by atoms with Gasteiger partial charge >= 0.3 is 0 Å². The number of ketones is 1. The summed E-state index contributed by atoms with van der Waals surface area (Å²) in [4.78, 5) is 12.6. The molecule has 0 spiro atoms. The predicted molar refractivity (Wildman–Crippen MR) is 74.3 cm³/mol. The van der Waals surface area contributed by atoms with Crippen molar-refractivity contribution < 1.29 is 9.18 Å². The first-order valence-electron chi connectivity index (χ1n) is 7.14. The minimum absolute atomic E-state index is 0.183. The summed E-state index contributed by atoms with van der Waals surface area (Å²) in [5, 5.41) is 0. The molecule has 1 aromatic carbocycles. The highest BCUT2D eigenvalue weighted by atomic mass is 19.1. The Hall–Kier alpha value is -1.22. The first-order chi connectivity index (χ1) is 9.16. The molecule has 1 saturated carbocycles. The van der Waals surface area contributed by atoms with Gasteiger partial charge in [-0.05, 0) is 30.5 Å². The van der Waals surface area contributed by atoms with E-state index in [9.17, 15) is 9.18 Å². The van der Waals surface area contributed by atoms with Crippen LogP contribution < -0.4 is 5.73 Å². The fourth-order valence-corrected chi connectivity index (χ4v) is 3.02. The van der Waals surface area contributed by atoms with Crippen molar-refractivity contribution in [2.45, 2.75) is 44.9 Å². The number of hydrogen-bond donors (Lipinski definition) is 1. The number of carbonyl (C=O) groups excluding carboxylic acids is 1. The maximum Gasteiger partial charge on any atom is 0.144 e. The van der Waals surface area contributed by atoms with Gasteiger partial charge in [0.25, 0.3) is 0 Å². The molecule has 3 heteroatoms. The quantitative estimate of drug-likeness (QED) is 0.847. The van der Waals surface area contributed by atoms with E-state index in [-0.39, 0.29) is 17.0 Å². The molecule has 2 rings (SSSR count). The van der Waals surface area contributed by atoms with Crippen molar-refractivity contribution in [3.63, 3.8) is 0 Å². The SMILES string of the molecule is NCC1(C(=O)Cc2cccc(F)c2)CCCCCC1. The Balaban J connectivity index is 2.12. The van der Waals surface area contributed by atoms with Crippen molar-refractivity contribution in [1.82, 2.24) is 0 Å². The fourth-order valence-electron chi connectivity index (χ4n) is 3.02. The van der Waals surface area contributed by atoms with E-state index in [0.29, 0.717) is 13.0 Å². The molecule has 104 valence electrons. The Labute approximate surface area is 114 Å². The first kappa shape index (κ1) is 14.2. The van der Waals surface area contributed by atoms with Crippen LogP contribution in [0.15, 0.2) is 24.3 Å². The van der Waals surface area contributed by atoms with Crippen LogP contribution in [0.4, 0.5) is 4.39 Å². The van der Waals surface area contributed by atoms with Gasteiger partial charge in [-0.3, -0.25) is 4.79 Å². The van der Waals surface area contributed by atoms with Gasteiger partial charge in [0, 0.05) is 18.4 Å². The van der Waals surface area contributed by atoms with Crippen LogP contribution in [0.25, 0.3) is 0 Å². The number of benzene rings is 1. The third kappa shape index (κ3) is 3.41. The molecule has 0 amide bonds. The van der Waals surface area contributed by atoms with Crippen molar-refractivity contribution in [1.29, 1.82) is 0 Å². The molecule has 0 saturated heterocycles. The standard InChI is InChI=1S/C16H22FNO/c17-14-7-5-6-13(10-14)11-15(19)16(12-18)8-3-1-2-4-9-16/h5-7,10H,1-4,8-9,11-12,18H2. The van der Waals surface area contributed by atoms with Gasteiger partial charge in [-0.15, -0.1) is 0 Å². The normalized spacial score (nSPS) is 18.8. The number of halogens is 1. The highest BCUT2D eigenvalue weighted by Crippen LogP contribution is 2.36. The topological polar surface area (TPSA) is 43.1 Å². The molecule has 1 aliphatic rings. The molecule has 1 aliphatic carbocycles. The summed E-state index contributed by atoms with van der Waals surface area (Å²) >= 11 is 0. The van der Waals surface area contributed by atoms with Crippen LogP contribution in [0.2, 0.25) is 0 Å². The Kier molecular flexibility index (Phi) is 4.70. The third-order valence-electron chi connectivity index (χ3n) is 4.30. The maximum absolute atomic E-state index is 13.2. The van der Waals surface area contributed by atoms with Crippen LogP contribution in [-0.4, -0.2) is 12.3 Å². The van der Waals surface area contributed by atoms with E-state index in [4.69, 9.17) is 5.73 Å². The second kappa shape index (κ2) is 6.29. The summed E-state index contributed by atoms with van der Waals surface area (Å²) in [5.74, 6) is -0.101. The predicted octanol–water partition coefficient (Wildman–Crippen LogP) is 3.24. The Morgan fingerprint density at radius 1 is 1.21 bits per heavy atom. The van der Waals surface area contributed by atoms with Gasteiger partial charge in [0.2, 0.25) is 0 Å². The van der Waals surface area contributed by atoms with Crippen LogP contribution in [-0.2, 0) is 11.2 Å². The zero-order valence-electron chi connectivity index (χ0n) is 11.3. The number of Topliss-reactive ketones (excluding diaryl/α,β-unsaturated/α-hetero) is 1. The Morgan fingerprint density at radius 3 is 2.47 bits per heavy atom. The van der Waals surface area contributed by atoms with Crippen LogP contribution >= 0.6 is 0 Å². The lowest BCUT2D eigenvalue weighted by molar-refractivity contribution is -0.128. The summed E-state index contributed by atoms with van der Waals surface area (Å²) < 4.78 is 13.2. The van der Waals surface area contributed by atoms with Crippen molar-refractivity contribution >= 4 is 5.78 Å². The third-order valence-corrected chi connectivity index (χ3v) is 4.30. The van der Waals surface area contributed by atoms with Crippen LogP contribution in [0.1, 0.15) is 44.1 Å². The molecule has 1 fully saturated rings. The summed E-state index contributed by atoms with van der Waals surface area (Å²) in [6.07, 6.45) is 6.60. The molecule has 0 atom stereocenters. The average molecular weight is 263 g/mol. The zero-order valence-corrected chi connectivity index (χ0v) is 11.3. The molecule has 0 heterocycles. The molecule has 0 bridgehead atoms. The lowest BCUT2D eigenvalue weighted by Gasteiger charge is -2.29. The van der Waals surface area contributed by atoms with E-state index < -0.39 is 0 Å². The zero-order chi connectivity index (χ0) is 13.7. The van der Waals surface area contributed by atoms with Gasteiger partial charge < -0.3 is 5.73 Å². The number of rotatable bonds is 4. The average Bonchev–Trinajstić information content (AvgIpc) is 2.65. The van der Waals surface area contributed by atoms with Gasteiger partial charge in [0.05, 0.1) is 0 Å². The van der Waals surface area contributed by atoms with Crippen LogP contribution in [0.5, 0.6) is 0 Å². The lowest BCUT2D eigenvalue weighted by atomic mass is 9.75.